The minimum Gasteiger partial charge on any atom is -0.269 e. The Morgan fingerprint density at radius 3 is 3.06 bits per heavy atom. The lowest BCUT2D eigenvalue weighted by atomic mass is 10.3. The maximum Gasteiger partial charge on any atom is 0.271 e. The summed E-state index contributed by atoms with van der Waals surface area (Å²) in [6.45, 7) is 0. The van der Waals surface area contributed by atoms with E-state index in [1.807, 2.05) is 24.3 Å². The molecule has 1 N–H and O–H groups in total. The molecule has 0 saturated carbocycles. The summed E-state index contributed by atoms with van der Waals surface area (Å²) in [5.41, 5.74) is 1.32. The average Bonchev–Trinajstić information content (AvgIpc) is 2.91. The fourth-order valence-electron chi connectivity index (χ4n) is 2.03. The number of aromatic nitrogens is 4. The highest BCUT2D eigenvalue weighted by atomic mass is 127. The molecule has 0 radical (unpaired) electrons. The van der Waals surface area contributed by atoms with E-state index in [0.29, 0.717) is 16.0 Å². The summed E-state index contributed by atoms with van der Waals surface area (Å²) in [7, 11) is 0. The van der Waals surface area contributed by atoms with Crippen LogP contribution in [0.25, 0.3) is 26.2 Å². The van der Waals surface area contributed by atoms with E-state index in [2.05, 4.69) is 37.8 Å². The molecule has 18 heavy (non-hydrogen) atoms. The second-order valence-electron chi connectivity index (χ2n) is 3.84. The molecule has 5 nitrogen and oxygen atoms in total. The smallest absolute Gasteiger partial charge is 0.269 e. The average molecular weight is 368 g/mol. The highest BCUT2D eigenvalue weighted by Crippen LogP contribution is 2.25. The molecule has 7 heteroatoms. The minimum atomic E-state index is -0.0643. The second-order valence-corrected chi connectivity index (χ2v) is 5.93. The molecule has 0 saturated heterocycles. The predicted molar refractivity (Wildman–Crippen MR) is 79.2 cm³/mol. The number of aromatic amines is 1. The molecule has 0 unspecified atom stereocenters. The van der Waals surface area contributed by atoms with Crippen molar-refractivity contribution in [2.24, 2.45) is 0 Å². The van der Waals surface area contributed by atoms with Gasteiger partial charge < -0.3 is 0 Å². The first-order chi connectivity index (χ1) is 8.75. The van der Waals surface area contributed by atoms with E-state index in [4.69, 9.17) is 0 Å². The molecule has 1 aromatic carbocycles. The third-order valence-electron chi connectivity index (χ3n) is 2.82. The number of rotatable bonds is 0. The number of nitrogens with one attached hydrogen (secondary N) is 1. The molecule has 0 aliphatic carbocycles. The normalized spacial score (nSPS) is 11.8. The van der Waals surface area contributed by atoms with Crippen LogP contribution in [0, 0.1) is 3.70 Å². The van der Waals surface area contributed by atoms with Crippen LogP contribution in [0.4, 0.5) is 0 Å². The second kappa shape index (κ2) is 3.51. The van der Waals surface area contributed by atoms with E-state index in [1.165, 1.54) is 11.3 Å². The number of benzene rings is 1. The van der Waals surface area contributed by atoms with Crippen molar-refractivity contribution in [3.8, 4) is 0 Å². The van der Waals surface area contributed by atoms with Gasteiger partial charge in [-0.25, -0.2) is 0 Å². The summed E-state index contributed by atoms with van der Waals surface area (Å²) in [5.74, 6) is 0. The van der Waals surface area contributed by atoms with Crippen LogP contribution in [0.2, 0.25) is 0 Å². The highest BCUT2D eigenvalue weighted by molar-refractivity contribution is 14.1. The molecule has 0 aliphatic heterocycles. The zero-order chi connectivity index (χ0) is 12.3. The molecule has 0 atom stereocenters. The van der Waals surface area contributed by atoms with Gasteiger partial charge in [-0.15, -0.1) is 0 Å². The van der Waals surface area contributed by atoms with Crippen molar-refractivity contribution in [2.75, 3.05) is 0 Å². The van der Waals surface area contributed by atoms with Crippen LogP contribution in [-0.4, -0.2) is 19.6 Å². The van der Waals surface area contributed by atoms with Gasteiger partial charge in [-0.05, 0) is 34.7 Å². The SMILES string of the molecule is O=c1c2c(I)[nH]nc2nc2sc3ccccc3n12. The van der Waals surface area contributed by atoms with Crippen molar-refractivity contribution < 1.29 is 0 Å². The number of halogens is 1. The Kier molecular flexibility index (Phi) is 2.04. The quantitative estimate of drug-likeness (QED) is 0.485. The molecule has 4 aromatic rings. The van der Waals surface area contributed by atoms with Crippen LogP contribution in [0.5, 0.6) is 0 Å². The predicted octanol–water partition coefficient (Wildman–Crippen LogP) is 2.39. The number of nitrogens with zero attached hydrogens (tertiary/aromatic N) is 3. The van der Waals surface area contributed by atoms with E-state index < -0.39 is 0 Å². The molecule has 4 rings (SSSR count). The van der Waals surface area contributed by atoms with Gasteiger partial charge in [0.2, 0.25) is 0 Å². The topological polar surface area (TPSA) is 63.0 Å². The van der Waals surface area contributed by atoms with Crippen LogP contribution in [0.15, 0.2) is 29.1 Å². The maximum absolute atomic E-state index is 12.5. The van der Waals surface area contributed by atoms with Gasteiger partial charge in [-0.1, -0.05) is 23.5 Å². The van der Waals surface area contributed by atoms with Gasteiger partial charge in [0.1, 0.15) is 9.09 Å². The van der Waals surface area contributed by atoms with Gasteiger partial charge in [0.25, 0.3) is 5.56 Å². The standard InChI is InChI=1S/C11H5IN4OS/c12-8-7-9(15-14-8)13-11-16(10(7)17)5-3-1-2-4-6(5)18-11/h1-4H,(H,14,15). The lowest BCUT2D eigenvalue weighted by Crippen LogP contribution is -2.13. The van der Waals surface area contributed by atoms with Crippen LogP contribution < -0.4 is 5.56 Å². The van der Waals surface area contributed by atoms with E-state index >= 15 is 0 Å². The van der Waals surface area contributed by atoms with E-state index in [9.17, 15) is 4.79 Å². The molecule has 0 amide bonds. The number of hydrogen-bond acceptors (Lipinski definition) is 4. The Morgan fingerprint density at radius 1 is 1.33 bits per heavy atom. The first-order valence-electron chi connectivity index (χ1n) is 5.19. The number of thiazole rings is 1. The molecule has 0 fully saturated rings. The van der Waals surface area contributed by atoms with E-state index in [-0.39, 0.29) is 5.56 Å². The van der Waals surface area contributed by atoms with Gasteiger partial charge in [0.05, 0.1) is 10.2 Å². The maximum atomic E-state index is 12.5. The van der Waals surface area contributed by atoms with Crippen LogP contribution >= 0.6 is 33.9 Å². The van der Waals surface area contributed by atoms with Gasteiger partial charge in [0.15, 0.2) is 10.6 Å². The Bertz CT molecular complexity index is 968. The Morgan fingerprint density at radius 2 is 2.17 bits per heavy atom. The molecule has 0 aliphatic rings. The summed E-state index contributed by atoms with van der Waals surface area (Å²) in [6, 6.07) is 7.80. The van der Waals surface area contributed by atoms with Crippen molar-refractivity contribution >= 4 is 60.1 Å². The van der Waals surface area contributed by atoms with Gasteiger partial charge >= 0.3 is 0 Å². The van der Waals surface area contributed by atoms with Crippen LogP contribution in [-0.2, 0) is 0 Å². The van der Waals surface area contributed by atoms with Crippen molar-refractivity contribution in [1.82, 2.24) is 19.6 Å². The van der Waals surface area contributed by atoms with Crippen LogP contribution in [0.1, 0.15) is 0 Å². The number of fused-ring (bicyclic) bond motifs is 4. The molecule has 3 aromatic heterocycles. The monoisotopic (exact) mass is 368 g/mol. The van der Waals surface area contributed by atoms with Gasteiger partial charge in [-0.2, -0.15) is 10.1 Å². The number of hydrogen-bond donors (Lipinski definition) is 1. The third-order valence-corrected chi connectivity index (χ3v) is 4.62. The van der Waals surface area contributed by atoms with E-state index in [1.54, 1.807) is 4.40 Å². The lowest BCUT2D eigenvalue weighted by Gasteiger charge is -1.94. The summed E-state index contributed by atoms with van der Waals surface area (Å²) >= 11 is 3.56. The summed E-state index contributed by atoms with van der Waals surface area (Å²) in [4.78, 5) is 17.6. The first-order valence-corrected chi connectivity index (χ1v) is 7.09. The Labute approximate surface area is 118 Å². The van der Waals surface area contributed by atoms with E-state index in [0.717, 1.165) is 13.9 Å². The molecule has 0 spiro atoms. The fourth-order valence-corrected chi connectivity index (χ4v) is 3.63. The first kappa shape index (κ1) is 10.4. The highest BCUT2D eigenvalue weighted by Gasteiger charge is 2.15. The van der Waals surface area contributed by atoms with Crippen molar-refractivity contribution in [2.45, 2.75) is 0 Å². The van der Waals surface area contributed by atoms with Crippen molar-refractivity contribution in [1.29, 1.82) is 0 Å². The molecule has 88 valence electrons. The molecule has 0 bridgehead atoms. The Hall–Kier alpha value is -1.48. The molecule has 3 heterocycles. The van der Waals surface area contributed by atoms with Crippen LogP contribution in [0.3, 0.4) is 0 Å². The van der Waals surface area contributed by atoms with Gasteiger partial charge in [-0.3, -0.25) is 14.3 Å². The third kappa shape index (κ3) is 1.23. The molecular formula is C11H5IN4OS. The van der Waals surface area contributed by atoms with Crippen molar-refractivity contribution in [3.05, 3.63) is 38.3 Å². The zero-order valence-electron chi connectivity index (χ0n) is 8.85. The number of H-pyrrole nitrogens is 1. The fraction of sp³-hybridized carbons (Fsp3) is 0. The largest absolute Gasteiger partial charge is 0.271 e. The summed E-state index contributed by atoms with van der Waals surface area (Å²) < 4.78 is 3.43. The molecular weight excluding hydrogens is 363 g/mol. The zero-order valence-corrected chi connectivity index (χ0v) is 11.8. The number of para-hydroxylation sites is 1. The van der Waals surface area contributed by atoms with Gasteiger partial charge in [0, 0.05) is 0 Å². The Balaban J connectivity index is 2.40. The van der Waals surface area contributed by atoms with Crippen molar-refractivity contribution in [3.63, 3.8) is 0 Å². The summed E-state index contributed by atoms with van der Waals surface area (Å²) in [6.07, 6.45) is 0. The lowest BCUT2D eigenvalue weighted by molar-refractivity contribution is 1.08. The summed E-state index contributed by atoms with van der Waals surface area (Å²) in [5, 5.41) is 7.40. The minimum absolute atomic E-state index is 0.0643.